The number of guanidine groups is 1. The molecule has 0 unspecified atom stereocenters. The van der Waals surface area contributed by atoms with Gasteiger partial charge in [-0.15, -0.1) is 0 Å². The molecule has 0 fully saturated rings. The van der Waals surface area contributed by atoms with Crippen molar-refractivity contribution in [2.75, 3.05) is 60.2 Å². The highest BCUT2D eigenvalue weighted by Gasteiger charge is 2.14. The average molecular weight is 348 g/mol. The standard InChI is InChI=1S/C19H32N4O2/c1-20-19(21-9-5-13-25-15-14-24-2)22-10-12-23-11-8-17-6-3-4-7-18(17)16-23/h3-4,6-7H,5,8-16H2,1-2H3,(H2,20,21,22). The summed E-state index contributed by atoms with van der Waals surface area (Å²) in [5, 5.41) is 6.71. The van der Waals surface area contributed by atoms with Crippen molar-refractivity contribution >= 4 is 5.96 Å². The molecule has 0 amide bonds. The van der Waals surface area contributed by atoms with E-state index in [1.807, 2.05) is 7.05 Å². The van der Waals surface area contributed by atoms with E-state index in [2.05, 4.69) is 44.8 Å². The largest absolute Gasteiger partial charge is 0.382 e. The van der Waals surface area contributed by atoms with Gasteiger partial charge in [-0.25, -0.2) is 0 Å². The maximum absolute atomic E-state index is 5.45. The zero-order valence-electron chi connectivity index (χ0n) is 15.6. The molecular weight excluding hydrogens is 316 g/mol. The van der Waals surface area contributed by atoms with Gasteiger partial charge in [0.25, 0.3) is 0 Å². The zero-order chi connectivity index (χ0) is 17.7. The van der Waals surface area contributed by atoms with Crippen LogP contribution in [0.25, 0.3) is 0 Å². The van der Waals surface area contributed by atoms with Crippen LogP contribution in [0.15, 0.2) is 29.3 Å². The van der Waals surface area contributed by atoms with Crippen molar-refractivity contribution in [1.29, 1.82) is 0 Å². The molecule has 0 bridgehead atoms. The Morgan fingerprint density at radius 1 is 1.12 bits per heavy atom. The van der Waals surface area contributed by atoms with E-state index in [9.17, 15) is 0 Å². The first-order chi connectivity index (χ1) is 12.3. The van der Waals surface area contributed by atoms with Crippen LogP contribution in [-0.4, -0.2) is 71.0 Å². The lowest BCUT2D eigenvalue weighted by atomic mass is 10.00. The quantitative estimate of drug-likeness (QED) is 0.379. The van der Waals surface area contributed by atoms with Gasteiger partial charge >= 0.3 is 0 Å². The third-order valence-electron chi connectivity index (χ3n) is 4.34. The molecule has 25 heavy (non-hydrogen) atoms. The summed E-state index contributed by atoms with van der Waals surface area (Å²) >= 11 is 0. The number of fused-ring (bicyclic) bond motifs is 1. The van der Waals surface area contributed by atoms with Crippen molar-refractivity contribution in [2.45, 2.75) is 19.4 Å². The topological polar surface area (TPSA) is 58.1 Å². The van der Waals surface area contributed by atoms with Crippen LogP contribution in [0.1, 0.15) is 17.5 Å². The Labute approximate surface area is 151 Å². The Kier molecular flexibility index (Phi) is 9.33. The van der Waals surface area contributed by atoms with Crippen LogP contribution in [0.2, 0.25) is 0 Å². The summed E-state index contributed by atoms with van der Waals surface area (Å²) in [4.78, 5) is 6.76. The van der Waals surface area contributed by atoms with Gasteiger partial charge in [0.05, 0.1) is 13.2 Å². The van der Waals surface area contributed by atoms with Gasteiger partial charge in [-0.2, -0.15) is 0 Å². The predicted molar refractivity (Wildman–Crippen MR) is 102 cm³/mol. The molecule has 0 spiro atoms. The molecular formula is C19H32N4O2. The van der Waals surface area contributed by atoms with E-state index in [0.29, 0.717) is 13.2 Å². The van der Waals surface area contributed by atoms with Gasteiger partial charge in [0, 0.05) is 53.5 Å². The minimum atomic E-state index is 0.650. The van der Waals surface area contributed by atoms with Crippen molar-refractivity contribution in [3.63, 3.8) is 0 Å². The first kappa shape index (κ1) is 19.7. The lowest BCUT2D eigenvalue weighted by Gasteiger charge is -2.28. The van der Waals surface area contributed by atoms with Crippen LogP contribution in [0, 0.1) is 0 Å². The smallest absolute Gasteiger partial charge is 0.191 e. The summed E-state index contributed by atoms with van der Waals surface area (Å²) in [7, 11) is 3.49. The lowest BCUT2D eigenvalue weighted by molar-refractivity contribution is 0.0698. The molecule has 6 heteroatoms. The molecule has 1 aromatic rings. The molecule has 140 valence electrons. The molecule has 0 atom stereocenters. The molecule has 1 aromatic carbocycles. The van der Waals surface area contributed by atoms with Gasteiger partial charge < -0.3 is 20.1 Å². The zero-order valence-corrected chi connectivity index (χ0v) is 15.6. The number of nitrogens with one attached hydrogen (secondary N) is 2. The van der Waals surface area contributed by atoms with Gasteiger partial charge in [-0.05, 0) is 24.0 Å². The number of rotatable bonds is 10. The Bertz CT molecular complexity index is 522. The second-order valence-corrected chi connectivity index (χ2v) is 6.18. The van der Waals surface area contributed by atoms with Crippen LogP contribution in [0.3, 0.4) is 0 Å². The fourth-order valence-corrected chi connectivity index (χ4v) is 2.92. The van der Waals surface area contributed by atoms with E-state index in [0.717, 1.165) is 58.1 Å². The summed E-state index contributed by atoms with van der Waals surface area (Å²) in [6.07, 6.45) is 2.10. The summed E-state index contributed by atoms with van der Waals surface area (Å²) in [5.41, 5.74) is 2.96. The molecule has 0 radical (unpaired) electrons. The minimum Gasteiger partial charge on any atom is -0.382 e. The Morgan fingerprint density at radius 3 is 2.72 bits per heavy atom. The third kappa shape index (κ3) is 7.42. The lowest BCUT2D eigenvalue weighted by Crippen LogP contribution is -2.43. The summed E-state index contributed by atoms with van der Waals surface area (Å²) in [6, 6.07) is 8.75. The number of aliphatic imine (C=N–C) groups is 1. The van der Waals surface area contributed by atoms with E-state index in [4.69, 9.17) is 9.47 Å². The molecule has 2 rings (SSSR count). The van der Waals surface area contributed by atoms with Crippen molar-refractivity contribution in [3.8, 4) is 0 Å². The Balaban J connectivity index is 1.56. The normalized spacial score (nSPS) is 15.0. The van der Waals surface area contributed by atoms with Crippen molar-refractivity contribution in [3.05, 3.63) is 35.4 Å². The van der Waals surface area contributed by atoms with Gasteiger partial charge in [0.15, 0.2) is 5.96 Å². The molecule has 0 saturated heterocycles. The van der Waals surface area contributed by atoms with Crippen LogP contribution in [0.5, 0.6) is 0 Å². The van der Waals surface area contributed by atoms with Crippen LogP contribution in [-0.2, 0) is 22.4 Å². The summed E-state index contributed by atoms with van der Waals surface area (Å²) in [6.45, 7) is 6.98. The fraction of sp³-hybridized carbons (Fsp3) is 0.632. The van der Waals surface area contributed by atoms with Crippen LogP contribution < -0.4 is 10.6 Å². The highest BCUT2D eigenvalue weighted by molar-refractivity contribution is 5.79. The summed E-state index contributed by atoms with van der Waals surface area (Å²) < 4.78 is 10.4. The van der Waals surface area contributed by atoms with Crippen molar-refractivity contribution in [2.24, 2.45) is 4.99 Å². The SMILES string of the molecule is CN=C(NCCCOCCOC)NCCN1CCc2ccccc2C1. The maximum atomic E-state index is 5.45. The molecule has 1 aliphatic rings. The van der Waals surface area contributed by atoms with Gasteiger partial charge in [-0.3, -0.25) is 9.89 Å². The maximum Gasteiger partial charge on any atom is 0.191 e. The van der Waals surface area contributed by atoms with Crippen molar-refractivity contribution in [1.82, 2.24) is 15.5 Å². The van der Waals surface area contributed by atoms with Crippen molar-refractivity contribution < 1.29 is 9.47 Å². The number of benzene rings is 1. The first-order valence-corrected chi connectivity index (χ1v) is 9.14. The first-order valence-electron chi connectivity index (χ1n) is 9.14. The highest BCUT2D eigenvalue weighted by atomic mass is 16.5. The number of hydrogen-bond donors (Lipinski definition) is 2. The molecule has 6 nitrogen and oxygen atoms in total. The molecule has 0 saturated carbocycles. The number of nitrogens with zero attached hydrogens (tertiary/aromatic N) is 2. The van der Waals surface area contributed by atoms with E-state index in [1.165, 1.54) is 11.1 Å². The monoisotopic (exact) mass is 348 g/mol. The minimum absolute atomic E-state index is 0.650. The highest BCUT2D eigenvalue weighted by Crippen LogP contribution is 2.17. The fourth-order valence-electron chi connectivity index (χ4n) is 2.92. The van der Waals surface area contributed by atoms with E-state index in [1.54, 1.807) is 7.11 Å². The molecule has 0 aromatic heterocycles. The average Bonchev–Trinajstić information content (AvgIpc) is 2.65. The van der Waals surface area contributed by atoms with Crippen LogP contribution >= 0.6 is 0 Å². The Morgan fingerprint density at radius 2 is 1.92 bits per heavy atom. The van der Waals surface area contributed by atoms with Gasteiger partial charge in [0.2, 0.25) is 0 Å². The molecule has 1 heterocycles. The van der Waals surface area contributed by atoms with E-state index < -0.39 is 0 Å². The molecule has 1 aliphatic heterocycles. The molecule has 2 N–H and O–H groups in total. The second kappa shape index (κ2) is 11.8. The number of methoxy groups -OCH3 is 1. The third-order valence-corrected chi connectivity index (χ3v) is 4.34. The predicted octanol–water partition coefficient (Wildman–Crippen LogP) is 1.26. The van der Waals surface area contributed by atoms with Gasteiger partial charge in [-0.1, -0.05) is 24.3 Å². The van der Waals surface area contributed by atoms with E-state index >= 15 is 0 Å². The van der Waals surface area contributed by atoms with Crippen LogP contribution in [0.4, 0.5) is 0 Å². The number of ether oxygens (including phenoxy) is 2. The second-order valence-electron chi connectivity index (χ2n) is 6.18. The Hall–Kier alpha value is -1.63. The number of hydrogen-bond acceptors (Lipinski definition) is 4. The van der Waals surface area contributed by atoms with Gasteiger partial charge in [0.1, 0.15) is 0 Å². The van der Waals surface area contributed by atoms with E-state index in [-0.39, 0.29) is 0 Å². The molecule has 0 aliphatic carbocycles. The summed E-state index contributed by atoms with van der Waals surface area (Å²) in [5.74, 6) is 0.856.